The van der Waals surface area contributed by atoms with E-state index in [1.165, 1.54) is 12.5 Å². The first-order chi connectivity index (χ1) is 8.09. The maximum atomic E-state index is 13.5. The summed E-state index contributed by atoms with van der Waals surface area (Å²) in [4.78, 5) is 0. The number of hydrogen-bond acceptors (Lipinski definition) is 2. The van der Waals surface area contributed by atoms with E-state index >= 15 is 0 Å². The Kier molecular flexibility index (Phi) is 3.89. The first kappa shape index (κ1) is 12.7. The SMILES string of the molecule is OC1(CNc2ccc(Cl)cc2F)CCCCC1. The number of hydrogen-bond donors (Lipinski definition) is 2. The van der Waals surface area contributed by atoms with Crippen LogP contribution >= 0.6 is 11.6 Å². The molecule has 2 N–H and O–H groups in total. The van der Waals surface area contributed by atoms with Crippen LogP contribution in [0, 0.1) is 5.82 Å². The van der Waals surface area contributed by atoms with Crippen LogP contribution in [0.3, 0.4) is 0 Å². The molecule has 0 heterocycles. The molecule has 0 amide bonds. The predicted octanol–water partition coefficient (Wildman–Crippen LogP) is 3.59. The van der Waals surface area contributed by atoms with Crippen molar-refractivity contribution in [3.8, 4) is 0 Å². The van der Waals surface area contributed by atoms with Crippen LogP contribution in [0.25, 0.3) is 0 Å². The largest absolute Gasteiger partial charge is 0.388 e. The Bertz CT molecular complexity index is 391. The van der Waals surface area contributed by atoms with Crippen molar-refractivity contribution in [1.82, 2.24) is 0 Å². The third-order valence-electron chi connectivity index (χ3n) is 3.32. The summed E-state index contributed by atoms with van der Waals surface area (Å²) in [5.41, 5.74) is -0.293. The van der Waals surface area contributed by atoms with Crippen LogP contribution in [-0.4, -0.2) is 17.3 Å². The number of aliphatic hydroxyl groups is 1. The molecule has 94 valence electrons. The molecule has 1 aliphatic rings. The normalized spacial score (nSPS) is 19.0. The van der Waals surface area contributed by atoms with Crippen LogP contribution in [0.1, 0.15) is 32.1 Å². The van der Waals surface area contributed by atoms with E-state index in [0.29, 0.717) is 17.3 Å². The zero-order valence-corrected chi connectivity index (χ0v) is 10.4. The van der Waals surface area contributed by atoms with Crippen molar-refractivity contribution >= 4 is 17.3 Å². The molecule has 0 bridgehead atoms. The van der Waals surface area contributed by atoms with Crippen molar-refractivity contribution in [2.75, 3.05) is 11.9 Å². The fourth-order valence-corrected chi connectivity index (χ4v) is 2.44. The van der Waals surface area contributed by atoms with Crippen molar-refractivity contribution in [3.63, 3.8) is 0 Å². The fourth-order valence-electron chi connectivity index (χ4n) is 2.28. The van der Waals surface area contributed by atoms with Crippen molar-refractivity contribution in [2.45, 2.75) is 37.7 Å². The average Bonchev–Trinajstić information content (AvgIpc) is 2.29. The third kappa shape index (κ3) is 3.33. The lowest BCUT2D eigenvalue weighted by Gasteiger charge is -2.32. The van der Waals surface area contributed by atoms with Crippen molar-refractivity contribution in [1.29, 1.82) is 0 Å². The van der Waals surface area contributed by atoms with Gasteiger partial charge in [-0.15, -0.1) is 0 Å². The number of benzene rings is 1. The third-order valence-corrected chi connectivity index (χ3v) is 3.56. The highest BCUT2D eigenvalue weighted by Crippen LogP contribution is 2.29. The van der Waals surface area contributed by atoms with E-state index < -0.39 is 5.60 Å². The molecule has 0 spiro atoms. The highest BCUT2D eigenvalue weighted by Gasteiger charge is 2.28. The Balaban J connectivity index is 1.97. The minimum atomic E-state index is -0.690. The summed E-state index contributed by atoms with van der Waals surface area (Å²) in [5, 5.41) is 13.6. The van der Waals surface area contributed by atoms with Gasteiger partial charge in [0.25, 0.3) is 0 Å². The summed E-state index contributed by atoms with van der Waals surface area (Å²) in [6.45, 7) is 0.394. The second kappa shape index (κ2) is 5.23. The van der Waals surface area contributed by atoms with Gasteiger partial charge in [-0.3, -0.25) is 0 Å². The molecule has 1 aromatic carbocycles. The molecule has 1 aliphatic carbocycles. The molecule has 0 unspecified atom stereocenters. The molecule has 0 aliphatic heterocycles. The van der Waals surface area contributed by atoms with Crippen LogP contribution in [0.5, 0.6) is 0 Å². The predicted molar refractivity (Wildman–Crippen MR) is 67.9 cm³/mol. The summed E-state index contributed by atoms with van der Waals surface area (Å²) in [6, 6.07) is 4.51. The summed E-state index contributed by atoms with van der Waals surface area (Å²) < 4.78 is 13.5. The minimum absolute atomic E-state index is 0.378. The summed E-state index contributed by atoms with van der Waals surface area (Å²) >= 11 is 5.68. The highest BCUT2D eigenvalue weighted by molar-refractivity contribution is 6.30. The van der Waals surface area contributed by atoms with Crippen LogP contribution in [0.2, 0.25) is 5.02 Å². The van der Waals surface area contributed by atoms with Crippen LogP contribution in [-0.2, 0) is 0 Å². The molecule has 0 aromatic heterocycles. The second-order valence-corrected chi connectivity index (χ2v) is 5.20. The number of halogens is 2. The molecule has 0 saturated heterocycles. The van der Waals surface area contributed by atoms with Gasteiger partial charge in [-0.2, -0.15) is 0 Å². The van der Waals surface area contributed by atoms with E-state index in [4.69, 9.17) is 11.6 Å². The van der Waals surface area contributed by atoms with Gasteiger partial charge in [0.2, 0.25) is 0 Å². The molecular weight excluding hydrogens is 241 g/mol. The van der Waals surface area contributed by atoms with Gasteiger partial charge in [0.15, 0.2) is 0 Å². The molecule has 0 radical (unpaired) electrons. The van der Waals surface area contributed by atoms with Gasteiger partial charge in [-0.05, 0) is 31.0 Å². The van der Waals surface area contributed by atoms with Gasteiger partial charge >= 0.3 is 0 Å². The minimum Gasteiger partial charge on any atom is -0.388 e. The van der Waals surface area contributed by atoms with E-state index in [2.05, 4.69) is 5.32 Å². The Labute approximate surface area is 106 Å². The van der Waals surface area contributed by atoms with Gasteiger partial charge in [-0.25, -0.2) is 4.39 Å². The van der Waals surface area contributed by atoms with E-state index in [-0.39, 0.29) is 5.82 Å². The first-order valence-electron chi connectivity index (χ1n) is 6.00. The quantitative estimate of drug-likeness (QED) is 0.867. The van der Waals surface area contributed by atoms with Crippen molar-refractivity contribution < 1.29 is 9.50 Å². The van der Waals surface area contributed by atoms with Crippen LogP contribution in [0.15, 0.2) is 18.2 Å². The molecule has 17 heavy (non-hydrogen) atoms. The lowest BCUT2D eigenvalue weighted by atomic mass is 9.85. The molecule has 1 fully saturated rings. The average molecular weight is 258 g/mol. The Morgan fingerprint density at radius 1 is 1.29 bits per heavy atom. The standard InChI is InChI=1S/C13H17ClFNO/c14-10-4-5-12(11(15)8-10)16-9-13(17)6-2-1-3-7-13/h4-5,8,16-17H,1-3,6-7,9H2. The smallest absolute Gasteiger partial charge is 0.147 e. The van der Waals surface area contributed by atoms with E-state index in [9.17, 15) is 9.50 Å². The second-order valence-electron chi connectivity index (χ2n) is 4.76. The molecule has 0 atom stereocenters. The maximum Gasteiger partial charge on any atom is 0.147 e. The molecule has 1 saturated carbocycles. The molecule has 1 aromatic rings. The maximum absolute atomic E-state index is 13.5. The summed E-state index contributed by atoms with van der Waals surface area (Å²) in [7, 11) is 0. The number of rotatable bonds is 3. The summed E-state index contributed by atoms with van der Waals surface area (Å²) in [5.74, 6) is -0.378. The zero-order chi connectivity index (χ0) is 12.3. The van der Waals surface area contributed by atoms with E-state index in [0.717, 1.165) is 25.7 Å². The lowest BCUT2D eigenvalue weighted by Crippen LogP contribution is -2.38. The van der Waals surface area contributed by atoms with E-state index in [1.54, 1.807) is 12.1 Å². The monoisotopic (exact) mass is 257 g/mol. The number of nitrogens with one attached hydrogen (secondary N) is 1. The van der Waals surface area contributed by atoms with Gasteiger partial charge in [0.05, 0.1) is 11.3 Å². The van der Waals surface area contributed by atoms with Gasteiger partial charge in [0.1, 0.15) is 5.82 Å². The number of anilines is 1. The lowest BCUT2D eigenvalue weighted by molar-refractivity contribution is 0.0167. The first-order valence-corrected chi connectivity index (χ1v) is 6.38. The highest BCUT2D eigenvalue weighted by atomic mass is 35.5. The Morgan fingerprint density at radius 3 is 2.65 bits per heavy atom. The molecule has 4 heteroatoms. The van der Waals surface area contributed by atoms with Gasteiger partial charge in [-0.1, -0.05) is 30.9 Å². The zero-order valence-electron chi connectivity index (χ0n) is 9.68. The Morgan fingerprint density at radius 2 is 2.00 bits per heavy atom. The Hall–Kier alpha value is -0.800. The fraction of sp³-hybridized carbons (Fsp3) is 0.538. The van der Waals surface area contributed by atoms with Crippen LogP contribution in [0.4, 0.5) is 10.1 Å². The van der Waals surface area contributed by atoms with Gasteiger partial charge in [0, 0.05) is 11.6 Å². The van der Waals surface area contributed by atoms with Crippen molar-refractivity contribution in [2.24, 2.45) is 0 Å². The van der Waals surface area contributed by atoms with E-state index in [1.807, 2.05) is 0 Å². The summed E-state index contributed by atoms with van der Waals surface area (Å²) in [6.07, 6.45) is 4.84. The molecular formula is C13H17ClFNO. The molecule has 2 nitrogen and oxygen atoms in total. The molecule has 2 rings (SSSR count). The van der Waals surface area contributed by atoms with Crippen LogP contribution < -0.4 is 5.32 Å². The van der Waals surface area contributed by atoms with Crippen molar-refractivity contribution in [3.05, 3.63) is 29.0 Å². The van der Waals surface area contributed by atoms with Gasteiger partial charge < -0.3 is 10.4 Å². The topological polar surface area (TPSA) is 32.3 Å².